The first kappa shape index (κ1) is 21.5. The van der Waals surface area contributed by atoms with E-state index in [9.17, 15) is 9.18 Å². The van der Waals surface area contributed by atoms with Crippen molar-refractivity contribution >= 4 is 28.3 Å². The van der Waals surface area contributed by atoms with Crippen LogP contribution in [-0.2, 0) is 4.74 Å². The van der Waals surface area contributed by atoms with Crippen LogP contribution in [0.2, 0.25) is 0 Å². The normalized spacial score (nSPS) is 19.5. The Labute approximate surface area is 193 Å². The van der Waals surface area contributed by atoms with Gasteiger partial charge in [0.15, 0.2) is 22.5 Å². The van der Waals surface area contributed by atoms with E-state index in [1.165, 1.54) is 28.4 Å². The molecule has 0 saturated carbocycles. The Hall–Kier alpha value is -3.38. The molecule has 2 aliphatic rings. The van der Waals surface area contributed by atoms with Crippen LogP contribution in [0.1, 0.15) is 23.2 Å². The van der Waals surface area contributed by atoms with Crippen LogP contribution in [0.4, 0.5) is 15.5 Å². The smallest absolute Gasteiger partial charge is 0.327 e. The number of hydrogen-bond acceptors (Lipinski definition) is 10. The standard InChI is InChI=1S/C21H22FN7O3S/c1-28(2)18(30)11-3-6-15(14(22)7-11)32-21-26-17(16-8-24-19(23)33-16)25-20(27-21)29-9-12-4-5-13(10-29)31-12/h3,6-8,12-13H,4-5,9-10H2,1-2H3,(H2,23,24). The fourth-order valence-corrected chi connectivity index (χ4v) is 4.50. The van der Waals surface area contributed by atoms with E-state index in [0.29, 0.717) is 34.9 Å². The molecule has 2 atom stereocenters. The highest BCUT2D eigenvalue weighted by molar-refractivity contribution is 7.18. The lowest BCUT2D eigenvalue weighted by Gasteiger charge is -2.32. The summed E-state index contributed by atoms with van der Waals surface area (Å²) in [6.07, 6.45) is 3.83. The molecule has 172 valence electrons. The van der Waals surface area contributed by atoms with E-state index in [1.54, 1.807) is 20.3 Å². The molecule has 1 amide bonds. The molecule has 2 aliphatic heterocycles. The number of halogens is 1. The van der Waals surface area contributed by atoms with E-state index in [1.807, 2.05) is 4.90 Å². The van der Waals surface area contributed by atoms with Gasteiger partial charge in [0.25, 0.3) is 5.91 Å². The molecule has 2 unspecified atom stereocenters. The third kappa shape index (κ3) is 4.44. The minimum atomic E-state index is -0.697. The van der Waals surface area contributed by atoms with Crippen molar-refractivity contribution in [2.75, 3.05) is 37.8 Å². The summed E-state index contributed by atoms with van der Waals surface area (Å²) in [5.41, 5.74) is 5.99. The van der Waals surface area contributed by atoms with Crippen molar-refractivity contribution in [1.29, 1.82) is 0 Å². The van der Waals surface area contributed by atoms with Gasteiger partial charge in [-0.25, -0.2) is 9.37 Å². The first-order valence-corrected chi connectivity index (χ1v) is 11.2. The number of rotatable bonds is 5. The fourth-order valence-electron chi connectivity index (χ4n) is 3.89. The maximum Gasteiger partial charge on any atom is 0.327 e. The molecular formula is C21H22FN7O3S. The first-order valence-electron chi connectivity index (χ1n) is 10.4. The number of nitrogens with zero attached hydrogens (tertiary/aromatic N) is 6. The Morgan fingerprint density at radius 1 is 1.24 bits per heavy atom. The molecule has 2 bridgehead atoms. The average Bonchev–Trinajstić information content (AvgIpc) is 3.38. The quantitative estimate of drug-likeness (QED) is 0.599. The number of anilines is 2. The number of benzene rings is 1. The van der Waals surface area contributed by atoms with Crippen molar-refractivity contribution in [2.45, 2.75) is 25.0 Å². The van der Waals surface area contributed by atoms with Crippen LogP contribution in [0.25, 0.3) is 10.7 Å². The summed E-state index contributed by atoms with van der Waals surface area (Å²) in [5.74, 6) is -0.350. The summed E-state index contributed by atoms with van der Waals surface area (Å²) in [5, 5.41) is 0.381. The fraction of sp³-hybridized carbons (Fsp3) is 0.381. The minimum Gasteiger partial charge on any atom is -0.421 e. The molecule has 2 fully saturated rings. The molecule has 3 aromatic rings. The summed E-state index contributed by atoms with van der Waals surface area (Å²) < 4.78 is 26.3. The summed E-state index contributed by atoms with van der Waals surface area (Å²) in [6, 6.07) is 3.94. The molecule has 12 heteroatoms. The number of nitrogen functional groups attached to an aromatic ring is 1. The van der Waals surface area contributed by atoms with Crippen molar-refractivity contribution in [3.8, 4) is 22.5 Å². The van der Waals surface area contributed by atoms with E-state index >= 15 is 0 Å². The molecule has 2 aromatic heterocycles. The van der Waals surface area contributed by atoms with E-state index in [-0.39, 0.29) is 35.4 Å². The Balaban J connectivity index is 1.48. The highest BCUT2D eigenvalue weighted by Crippen LogP contribution is 2.32. The van der Waals surface area contributed by atoms with Crippen LogP contribution >= 0.6 is 11.3 Å². The Morgan fingerprint density at radius 2 is 2.00 bits per heavy atom. The number of thiazole rings is 1. The highest BCUT2D eigenvalue weighted by atomic mass is 32.1. The zero-order valence-corrected chi connectivity index (χ0v) is 18.9. The topological polar surface area (TPSA) is 120 Å². The van der Waals surface area contributed by atoms with E-state index < -0.39 is 5.82 Å². The zero-order valence-electron chi connectivity index (χ0n) is 18.1. The number of aromatic nitrogens is 4. The van der Waals surface area contributed by atoms with Crippen LogP contribution in [0.15, 0.2) is 24.4 Å². The number of ether oxygens (including phenoxy) is 2. The number of morpholine rings is 1. The lowest BCUT2D eigenvalue weighted by atomic mass is 10.2. The van der Waals surface area contributed by atoms with Gasteiger partial charge < -0.3 is 25.0 Å². The van der Waals surface area contributed by atoms with Crippen molar-refractivity contribution in [3.05, 3.63) is 35.8 Å². The van der Waals surface area contributed by atoms with Gasteiger partial charge in [-0.05, 0) is 31.0 Å². The van der Waals surface area contributed by atoms with Crippen LogP contribution in [-0.4, -0.2) is 70.1 Å². The van der Waals surface area contributed by atoms with Crippen molar-refractivity contribution in [1.82, 2.24) is 24.8 Å². The van der Waals surface area contributed by atoms with Gasteiger partial charge in [0.1, 0.15) is 0 Å². The molecule has 33 heavy (non-hydrogen) atoms. The summed E-state index contributed by atoms with van der Waals surface area (Å²) in [7, 11) is 3.20. The van der Waals surface area contributed by atoms with Crippen molar-refractivity contribution in [2.24, 2.45) is 0 Å². The second kappa shape index (κ2) is 8.52. The molecule has 4 heterocycles. The number of hydrogen-bond donors (Lipinski definition) is 1. The summed E-state index contributed by atoms with van der Waals surface area (Å²) in [6.45, 7) is 1.31. The predicted octanol–water partition coefficient (Wildman–Crippen LogP) is 2.58. The zero-order chi connectivity index (χ0) is 23.1. The molecule has 0 spiro atoms. The van der Waals surface area contributed by atoms with Crippen molar-refractivity contribution in [3.63, 3.8) is 0 Å². The number of carbonyl (C=O) groups excluding carboxylic acids is 1. The maximum atomic E-state index is 14.7. The second-order valence-corrected chi connectivity index (χ2v) is 9.18. The molecule has 0 aliphatic carbocycles. The lowest BCUT2D eigenvalue weighted by Crippen LogP contribution is -2.43. The minimum absolute atomic E-state index is 0.0635. The molecule has 10 nitrogen and oxygen atoms in total. The molecule has 2 saturated heterocycles. The number of amides is 1. The second-order valence-electron chi connectivity index (χ2n) is 8.11. The van der Waals surface area contributed by atoms with Gasteiger partial charge in [-0.15, -0.1) is 0 Å². The monoisotopic (exact) mass is 471 g/mol. The predicted molar refractivity (Wildman–Crippen MR) is 120 cm³/mol. The van der Waals surface area contributed by atoms with E-state index in [0.717, 1.165) is 18.9 Å². The summed E-state index contributed by atoms with van der Waals surface area (Å²) in [4.78, 5) is 33.6. The first-order chi connectivity index (χ1) is 15.9. The van der Waals surface area contributed by atoms with Gasteiger partial charge in [0.2, 0.25) is 5.95 Å². The number of nitrogens with two attached hydrogens (primary N) is 1. The molecule has 0 radical (unpaired) electrons. The summed E-state index contributed by atoms with van der Waals surface area (Å²) >= 11 is 1.23. The van der Waals surface area contributed by atoms with Gasteiger partial charge in [-0.3, -0.25) is 4.79 Å². The molecule has 5 rings (SSSR count). The SMILES string of the molecule is CN(C)C(=O)c1ccc(Oc2nc(-c3cnc(N)s3)nc(N3CC4CCC(C3)O4)n2)c(F)c1. The van der Waals surface area contributed by atoms with Crippen molar-refractivity contribution < 1.29 is 18.7 Å². The van der Waals surface area contributed by atoms with E-state index in [2.05, 4.69) is 19.9 Å². The van der Waals surface area contributed by atoms with E-state index in [4.69, 9.17) is 15.2 Å². The molecule has 1 aromatic carbocycles. The van der Waals surface area contributed by atoms with Gasteiger partial charge in [-0.1, -0.05) is 11.3 Å². The maximum absolute atomic E-state index is 14.7. The van der Waals surface area contributed by atoms with Gasteiger partial charge >= 0.3 is 6.01 Å². The van der Waals surface area contributed by atoms with Crippen LogP contribution in [0, 0.1) is 5.82 Å². The molecular weight excluding hydrogens is 449 g/mol. The number of carbonyl (C=O) groups is 1. The van der Waals surface area contributed by atoms with Gasteiger partial charge in [-0.2, -0.15) is 15.0 Å². The number of fused-ring (bicyclic) bond motifs is 2. The Kier molecular flexibility index (Phi) is 5.54. The Bertz CT molecular complexity index is 1190. The highest BCUT2D eigenvalue weighted by Gasteiger charge is 2.35. The van der Waals surface area contributed by atoms with Crippen LogP contribution in [0.3, 0.4) is 0 Å². The van der Waals surface area contributed by atoms with Gasteiger partial charge in [0, 0.05) is 32.7 Å². The average molecular weight is 472 g/mol. The van der Waals surface area contributed by atoms with Crippen LogP contribution in [0.5, 0.6) is 11.8 Å². The molecule has 2 N–H and O–H groups in total. The Morgan fingerprint density at radius 3 is 2.64 bits per heavy atom. The lowest BCUT2D eigenvalue weighted by molar-refractivity contribution is 0.0299. The third-order valence-corrected chi connectivity index (χ3v) is 6.28. The van der Waals surface area contributed by atoms with Crippen LogP contribution < -0.4 is 15.4 Å². The largest absolute Gasteiger partial charge is 0.421 e. The third-order valence-electron chi connectivity index (χ3n) is 5.46. The van der Waals surface area contributed by atoms with Gasteiger partial charge in [0.05, 0.1) is 23.3 Å².